The molecule has 0 radical (unpaired) electrons. The summed E-state index contributed by atoms with van der Waals surface area (Å²) in [6.07, 6.45) is 3.02. The van der Waals surface area contributed by atoms with Gasteiger partial charge in [-0.2, -0.15) is 0 Å². The number of imidazole rings is 1. The zero-order valence-electron chi connectivity index (χ0n) is 18.3. The van der Waals surface area contributed by atoms with Gasteiger partial charge in [-0.3, -0.25) is 4.98 Å². The van der Waals surface area contributed by atoms with Crippen molar-refractivity contribution in [2.24, 2.45) is 0 Å². The van der Waals surface area contributed by atoms with Crippen molar-refractivity contribution < 1.29 is 14.3 Å². The smallest absolute Gasteiger partial charge is 0.319 e. The quantitative estimate of drug-likeness (QED) is 0.448. The van der Waals surface area contributed by atoms with E-state index >= 15 is 0 Å². The third kappa shape index (κ3) is 5.28. The van der Waals surface area contributed by atoms with Crippen LogP contribution in [-0.2, 0) is 16.0 Å². The molecule has 0 saturated carbocycles. The predicted molar refractivity (Wildman–Crippen MR) is 119 cm³/mol. The second kappa shape index (κ2) is 10.2. The summed E-state index contributed by atoms with van der Waals surface area (Å²) < 4.78 is 13.3. The standard InChI is InChI=1S/C21H29N7O3/c1-13-14(2)25-19(22)17-18(13)28(20(27-17)15(3)30-4)9-11-31-10-8-24-21(29)26-16-6-5-7-23-12-16/h5-7,12,15H,8-11H2,1-4H3,(H2,22,25)(H2,24,26,29). The molecule has 3 heterocycles. The zero-order valence-corrected chi connectivity index (χ0v) is 18.3. The van der Waals surface area contributed by atoms with E-state index < -0.39 is 0 Å². The highest BCUT2D eigenvalue weighted by Crippen LogP contribution is 2.29. The number of aromatic nitrogens is 4. The number of ether oxygens (including phenoxy) is 2. The number of methoxy groups -OCH3 is 1. The summed E-state index contributed by atoms with van der Waals surface area (Å²) in [5.74, 6) is 1.18. The maximum absolute atomic E-state index is 11.9. The minimum Gasteiger partial charge on any atom is -0.382 e. The van der Waals surface area contributed by atoms with Crippen molar-refractivity contribution in [1.29, 1.82) is 0 Å². The van der Waals surface area contributed by atoms with Crippen LogP contribution in [0.5, 0.6) is 0 Å². The van der Waals surface area contributed by atoms with Gasteiger partial charge in [0.15, 0.2) is 5.82 Å². The number of fused-ring (bicyclic) bond motifs is 1. The van der Waals surface area contributed by atoms with Crippen molar-refractivity contribution in [3.05, 3.63) is 41.6 Å². The van der Waals surface area contributed by atoms with Gasteiger partial charge in [0.2, 0.25) is 0 Å². The molecule has 3 aromatic rings. The molecule has 31 heavy (non-hydrogen) atoms. The van der Waals surface area contributed by atoms with Crippen LogP contribution in [0, 0.1) is 13.8 Å². The minimum atomic E-state index is -0.303. The molecule has 1 unspecified atom stereocenters. The molecule has 0 bridgehead atoms. The average molecular weight is 428 g/mol. The largest absolute Gasteiger partial charge is 0.382 e. The molecular formula is C21H29N7O3. The molecule has 166 valence electrons. The van der Waals surface area contributed by atoms with Gasteiger partial charge in [-0.25, -0.2) is 14.8 Å². The molecule has 0 aliphatic rings. The number of amides is 2. The minimum absolute atomic E-state index is 0.204. The van der Waals surface area contributed by atoms with Crippen molar-refractivity contribution in [2.45, 2.75) is 33.4 Å². The summed E-state index contributed by atoms with van der Waals surface area (Å²) in [6, 6.07) is 3.22. The van der Waals surface area contributed by atoms with E-state index in [4.69, 9.17) is 15.2 Å². The normalized spacial score (nSPS) is 12.1. The molecular weight excluding hydrogens is 398 g/mol. The molecule has 1 atom stereocenters. The van der Waals surface area contributed by atoms with E-state index in [-0.39, 0.29) is 12.1 Å². The summed E-state index contributed by atoms with van der Waals surface area (Å²) >= 11 is 0. The Kier molecular flexibility index (Phi) is 7.37. The Morgan fingerprint density at radius 3 is 2.81 bits per heavy atom. The molecule has 0 fully saturated rings. The summed E-state index contributed by atoms with van der Waals surface area (Å²) in [4.78, 5) is 24.9. The van der Waals surface area contributed by atoms with Crippen molar-refractivity contribution in [3.63, 3.8) is 0 Å². The van der Waals surface area contributed by atoms with E-state index in [9.17, 15) is 4.79 Å². The fraction of sp³-hybridized carbons (Fsp3) is 0.429. The molecule has 3 aromatic heterocycles. The maximum Gasteiger partial charge on any atom is 0.319 e. The van der Waals surface area contributed by atoms with E-state index in [2.05, 4.69) is 30.2 Å². The first kappa shape index (κ1) is 22.4. The number of carbonyl (C=O) groups excluding carboxylic acids is 1. The number of anilines is 2. The molecule has 4 N–H and O–H groups in total. The second-order valence-electron chi connectivity index (χ2n) is 7.14. The summed E-state index contributed by atoms with van der Waals surface area (Å²) in [6.45, 7) is 7.66. The Morgan fingerprint density at radius 1 is 1.29 bits per heavy atom. The highest BCUT2D eigenvalue weighted by atomic mass is 16.5. The van der Waals surface area contributed by atoms with Crippen LogP contribution in [-0.4, -0.2) is 52.4 Å². The molecule has 0 saturated heterocycles. The highest BCUT2D eigenvalue weighted by Gasteiger charge is 2.20. The summed E-state index contributed by atoms with van der Waals surface area (Å²) in [5, 5.41) is 5.46. The van der Waals surface area contributed by atoms with Gasteiger partial charge >= 0.3 is 6.03 Å². The number of hydrogen-bond acceptors (Lipinski definition) is 7. The number of nitrogens with one attached hydrogen (secondary N) is 2. The number of aryl methyl sites for hydroxylation is 2. The highest BCUT2D eigenvalue weighted by molar-refractivity contribution is 5.89. The maximum atomic E-state index is 11.9. The number of nitrogen functional groups attached to an aromatic ring is 1. The van der Waals surface area contributed by atoms with Gasteiger partial charge in [0.05, 0.1) is 30.6 Å². The topological polar surface area (TPSA) is 129 Å². The first-order valence-electron chi connectivity index (χ1n) is 10.1. The molecule has 0 aliphatic heterocycles. The lowest BCUT2D eigenvalue weighted by molar-refractivity contribution is 0.102. The van der Waals surface area contributed by atoms with Crippen molar-refractivity contribution in [3.8, 4) is 0 Å². The molecule has 2 amide bonds. The van der Waals surface area contributed by atoms with Crippen LogP contribution < -0.4 is 16.4 Å². The SMILES string of the molecule is COC(C)c1nc2c(N)nc(C)c(C)c2n1CCOCCNC(=O)Nc1cccnc1. The molecule has 10 nitrogen and oxygen atoms in total. The zero-order chi connectivity index (χ0) is 22.4. The third-order valence-electron chi connectivity index (χ3n) is 5.05. The second-order valence-corrected chi connectivity index (χ2v) is 7.14. The fourth-order valence-electron chi connectivity index (χ4n) is 3.27. The number of nitrogens with two attached hydrogens (primary N) is 1. The van der Waals surface area contributed by atoms with Gasteiger partial charge in [0, 0.05) is 32.1 Å². The number of pyridine rings is 2. The Bertz CT molecular complexity index is 1040. The number of nitrogens with zero attached hydrogens (tertiary/aromatic N) is 4. The lowest BCUT2D eigenvalue weighted by Gasteiger charge is -2.15. The van der Waals surface area contributed by atoms with Gasteiger partial charge in [-0.05, 0) is 38.5 Å². The number of rotatable bonds is 9. The van der Waals surface area contributed by atoms with E-state index in [1.165, 1.54) is 0 Å². The van der Waals surface area contributed by atoms with E-state index in [1.807, 2.05) is 20.8 Å². The van der Waals surface area contributed by atoms with Crippen molar-refractivity contribution in [1.82, 2.24) is 24.8 Å². The van der Waals surface area contributed by atoms with Crippen LogP contribution in [0.2, 0.25) is 0 Å². The van der Waals surface area contributed by atoms with Crippen LogP contribution in [0.15, 0.2) is 24.5 Å². The van der Waals surface area contributed by atoms with Gasteiger partial charge in [0.1, 0.15) is 17.4 Å². The first-order chi connectivity index (χ1) is 14.9. The van der Waals surface area contributed by atoms with Crippen LogP contribution >= 0.6 is 0 Å². The summed E-state index contributed by atoms with van der Waals surface area (Å²) in [5.41, 5.74) is 10.3. The monoisotopic (exact) mass is 427 g/mol. The molecule has 0 aromatic carbocycles. The lowest BCUT2D eigenvalue weighted by Crippen LogP contribution is -2.31. The molecule has 0 aliphatic carbocycles. The summed E-state index contributed by atoms with van der Waals surface area (Å²) in [7, 11) is 1.65. The third-order valence-corrected chi connectivity index (χ3v) is 5.05. The Morgan fingerprint density at radius 2 is 2.10 bits per heavy atom. The van der Waals surface area contributed by atoms with Gasteiger partial charge in [-0.1, -0.05) is 0 Å². The van der Waals surface area contributed by atoms with Gasteiger partial charge in [0.25, 0.3) is 0 Å². The van der Waals surface area contributed by atoms with Gasteiger partial charge < -0.3 is 30.4 Å². The number of carbonyl (C=O) groups is 1. The number of hydrogen-bond donors (Lipinski definition) is 3. The van der Waals surface area contributed by atoms with Crippen LogP contribution in [0.3, 0.4) is 0 Å². The fourth-order valence-corrected chi connectivity index (χ4v) is 3.27. The van der Waals surface area contributed by atoms with E-state index in [0.717, 1.165) is 22.6 Å². The van der Waals surface area contributed by atoms with E-state index in [0.29, 0.717) is 43.3 Å². The van der Waals surface area contributed by atoms with Crippen LogP contribution in [0.1, 0.15) is 30.1 Å². The first-order valence-corrected chi connectivity index (χ1v) is 10.1. The molecule has 10 heteroatoms. The lowest BCUT2D eigenvalue weighted by atomic mass is 10.2. The van der Waals surface area contributed by atoms with Crippen LogP contribution in [0.25, 0.3) is 11.0 Å². The van der Waals surface area contributed by atoms with Crippen molar-refractivity contribution in [2.75, 3.05) is 37.9 Å². The van der Waals surface area contributed by atoms with Crippen molar-refractivity contribution >= 4 is 28.6 Å². The predicted octanol–water partition coefficient (Wildman–Crippen LogP) is 2.57. The Balaban J connectivity index is 1.57. The van der Waals surface area contributed by atoms with Gasteiger partial charge in [-0.15, -0.1) is 0 Å². The Labute approximate surface area is 181 Å². The van der Waals surface area contributed by atoms with Crippen LogP contribution in [0.4, 0.5) is 16.3 Å². The number of urea groups is 1. The molecule has 3 rings (SSSR count). The van der Waals surface area contributed by atoms with E-state index in [1.54, 1.807) is 31.6 Å². The molecule has 0 spiro atoms. The average Bonchev–Trinajstić information content (AvgIpc) is 3.15. The Hall–Kier alpha value is -3.24.